The first kappa shape index (κ1) is 13.3. The summed E-state index contributed by atoms with van der Waals surface area (Å²) < 4.78 is 24.0. The van der Waals surface area contributed by atoms with Crippen molar-refractivity contribution in [1.29, 1.82) is 0 Å². The fraction of sp³-hybridized carbons (Fsp3) is 0.500. The Morgan fingerprint density at radius 3 is 2.89 bits per heavy atom. The summed E-state index contributed by atoms with van der Waals surface area (Å²) in [6.45, 7) is 1.01. The lowest BCUT2D eigenvalue weighted by molar-refractivity contribution is -0.0109. The highest BCUT2D eigenvalue weighted by Crippen LogP contribution is 2.16. The van der Waals surface area contributed by atoms with Gasteiger partial charge in [-0.1, -0.05) is 6.07 Å². The molecule has 1 fully saturated rings. The highest BCUT2D eigenvalue weighted by Gasteiger charge is 2.20. The van der Waals surface area contributed by atoms with Crippen molar-refractivity contribution < 1.29 is 23.9 Å². The van der Waals surface area contributed by atoms with Crippen molar-refractivity contribution in [3.05, 3.63) is 24.0 Å². The molecule has 0 aromatic heterocycles. The molecule has 18 heavy (non-hydrogen) atoms. The number of hydrogen-bond donors (Lipinski definition) is 2. The van der Waals surface area contributed by atoms with E-state index in [0.717, 1.165) is 25.3 Å². The molecule has 0 bridgehead atoms. The van der Waals surface area contributed by atoms with Gasteiger partial charge in [-0.25, -0.2) is 4.39 Å². The van der Waals surface area contributed by atoms with E-state index in [4.69, 9.17) is 19.5 Å². The molecule has 1 atom stereocenters. The molecule has 1 heterocycles. The molecule has 0 spiro atoms. The van der Waals surface area contributed by atoms with Crippen LogP contribution in [0.4, 0.5) is 4.39 Å². The van der Waals surface area contributed by atoms with Crippen molar-refractivity contribution in [3.63, 3.8) is 0 Å². The van der Waals surface area contributed by atoms with Crippen LogP contribution in [0.25, 0.3) is 0 Å². The van der Waals surface area contributed by atoms with Gasteiger partial charge in [0.2, 0.25) is 0 Å². The van der Waals surface area contributed by atoms with E-state index in [2.05, 4.69) is 0 Å². The van der Waals surface area contributed by atoms with Crippen molar-refractivity contribution in [2.45, 2.75) is 25.4 Å². The molecule has 4 nitrogen and oxygen atoms in total. The molecule has 1 aliphatic rings. The number of halogens is 1. The lowest BCUT2D eigenvalue weighted by atomic mass is 9.79. The summed E-state index contributed by atoms with van der Waals surface area (Å²) in [5.41, 5.74) is 0.159. The third-order valence-corrected chi connectivity index (χ3v) is 2.95. The maximum Gasteiger partial charge on any atom is 0.492 e. The average Bonchev–Trinajstić information content (AvgIpc) is 2.37. The zero-order chi connectivity index (χ0) is 13.0. The molecule has 0 saturated carbocycles. The van der Waals surface area contributed by atoms with Crippen molar-refractivity contribution in [3.8, 4) is 5.75 Å². The molecule has 98 valence electrons. The second kappa shape index (κ2) is 6.18. The Morgan fingerprint density at radius 1 is 1.39 bits per heavy atom. The van der Waals surface area contributed by atoms with Crippen LogP contribution < -0.4 is 10.2 Å². The average molecular weight is 254 g/mol. The smallest absolute Gasteiger partial charge is 0.491 e. The minimum atomic E-state index is -1.67. The van der Waals surface area contributed by atoms with E-state index in [1.54, 1.807) is 0 Å². The molecule has 1 aromatic rings. The van der Waals surface area contributed by atoms with E-state index in [1.165, 1.54) is 12.1 Å². The lowest BCUT2D eigenvalue weighted by Gasteiger charge is -2.23. The first-order chi connectivity index (χ1) is 8.66. The minimum absolute atomic E-state index is 0.00861. The molecular formula is C12H16BFO4. The molecule has 1 aromatic carbocycles. The molecule has 0 amide bonds. The molecule has 2 rings (SSSR count). The van der Waals surface area contributed by atoms with Crippen LogP contribution in [0.1, 0.15) is 19.3 Å². The molecule has 1 unspecified atom stereocenters. The monoisotopic (exact) mass is 254 g/mol. The molecule has 0 radical (unpaired) electrons. The van der Waals surface area contributed by atoms with Gasteiger partial charge in [-0.2, -0.15) is 0 Å². The van der Waals surface area contributed by atoms with Crippen molar-refractivity contribution >= 4 is 12.6 Å². The van der Waals surface area contributed by atoms with Crippen LogP contribution in [0.3, 0.4) is 0 Å². The topological polar surface area (TPSA) is 58.9 Å². The molecule has 2 N–H and O–H groups in total. The highest BCUT2D eigenvalue weighted by molar-refractivity contribution is 6.59. The van der Waals surface area contributed by atoms with Crippen LogP contribution in [0.2, 0.25) is 0 Å². The Bertz CT molecular complexity index is 394. The normalized spacial score (nSPS) is 19.6. The third-order valence-electron chi connectivity index (χ3n) is 2.95. The van der Waals surface area contributed by atoms with E-state index in [0.29, 0.717) is 13.2 Å². The Labute approximate surface area is 105 Å². The lowest BCUT2D eigenvalue weighted by Crippen LogP contribution is -2.33. The molecular weight excluding hydrogens is 238 g/mol. The Morgan fingerprint density at radius 2 is 2.22 bits per heavy atom. The largest absolute Gasteiger partial charge is 0.492 e. The van der Waals surface area contributed by atoms with Crippen LogP contribution in [-0.4, -0.2) is 36.5 Å². The Kier molecular flexibility index (Phi) is 4.57. The summed E-state index contributed by atoms with van der Waals surface area (Å²) in [4.78, 5) is 0. The summed E-state index contributed by atoms with van der Waals surface area (Å²) in [5.74, 6) is -0.321. The highest BCUT2D eigenvalue weighted by atomic mass is 19.1. The number of ether oxygens (including phenoxy) is 2. The standard InChI is InChI=1S/C12H16BFO4/c14-9-4-5-11(13(15)16)12(7-9)18-8-10-3-1-2-6-17-10/h4-5,7,10,15-16H,1-3,6,8H2. The Balaban J connectivity index is 2.00. The van der Waals surface area contributed by atoms with Gasteiger partial charge in [0.25, 0.3) is 0 Å². The molecule has 6 heteroatoms. The van der Waals surface area contributed by atoms with E-state index in [9.17, 15) is 4.39 Å². The second-order valence-electron chi connectivity index (χ2n) is 4.36. The maximum atomic E-state index is 13.1. The first-order valence-electron chi connectivity index (χ1n) is 6.07. The van der Waals surface area contributed by atoms with E-state index in [-0.39, 0.29) is 17.3 Å². The fourth-order valence-electron chi connectivity index (χ4n) is 1.97. The van der Waals surface area contributed by atoms with Crippen molar-refractivity contribution in [2.75, 3.05) is 13.2 Å². The van der Waals surface area contributed by atoms with Crippen LogP contribution in [0.15, 0.2) is 18.2 Å². The number of benzene rings is 1. The van der Waals surface area contributed by atoms with Gasteiger partial charge < -0.3 is 19.5 Å². The zero-order valence-electron chi connectivity index (χ0n) is 10.0. The molecule has 1 aliphatic heterocycles. The van der Waals surface area contributed by atoms with Gasteiger partial charge in [-0.3, -0.25) is 0 Å². The zero-order valence-corrected chi connectivity index (χ0v) is 10.0. The van der Waals surface area contributed by atoms with Crippen LogP contribution >= 0.6 is 0 Å². The predicted octanol–water partition coefficient (Wildman–Crippen LogP) is 0.453. The van der Waals surface area contributed by atoms with Crippen molar-refractivity contribution in [2.24, 2.45) is 0 Å². The van der Waals surface area contributed by atoms with Gasteiger partial charge in [0.1, 0.15) is 18.2 Å². The van der Waals surface area contributed by atoms with Crippen molar-refractivity contribution in [1.82, 2.24) is 0 Å². The summed E-state index contributed by atoms with van der Waals surface area (Å²) in [7, 11) is -1.67. The predicted molar refractivity (Wildman–Crippen MR) is 65.3 cm³/mol. The van der Waals surface area contributed by atoms with E-state index < -0.39 is 12.9 Å². The summed E-state index contributed by atoms with van der Waals surface area (Å²) in [5, 5.41) is 18.3. The first-order valence-corrected chi connectivity index (χ1v) is 6.07. The third kappa shape index (κ3) is 3.44. The molecule has 1 saturated heterocycles. The van der Waals surface area contributed by atoms with Crippen LogP contribution in [0, 0.1) is 5.82 Å². The van der Waals surface area contributed by atoms with Gasteiger partial charge in [0.15, 0.2) is 0 Å². The second-order valence-corrected chi connectivity index (χ2v) is 4.36. The van der Waals surface area contributed by atoms with E-state index in [1.807, 2.05) is 0 Å². The minimum Gasteiger partial charge on any atom is -0.491 e. The van der Waals surface area contributed by atoms with Gasteiger partial charge in [-0.05, 0) is 25.3 Å². The van der Waals surface area contributed by atoms with E-state index >= 15 is 0 Å². The SMILES string of the molecule is OB(O)c1ccc(F)cc1OCC1CCCCO1. The fourth-order valence-corrected chi connectivity index (χ4v) is 1.97. The molecule has 0 aliphatic carbocycles. The van der Waals surface area contributed by atoms with Gasteiger partial charge in [0.05, 0.1) is 6.10 Å². The Hall–Kier alpha value is -1.11. The number of rotatable bonds is 4. The van der Waals surface area contributed by atoms with Gasteiger partial charge in [0, 0.05) is 18.1 Å². The summed E-state index contributed by atoms with van der Waals surface area (Å²) in [6.07, 6.45) is 3.04. The summed E-state index contributed by atoms with van der Waals surface area (Å²) in [6, 6.07) is 3.62. The van der Waals surface area contributed by atoms with Crippen LogP contribution in [-0.2, 0) is 4.74 Å². The summed E-state index contributed by atoms with van der Waals surface area (Å²) >= 11 is 0. The number of hydrogen-bond acceptors (Lipinski definition) is 4. The maximum absolute atomic E-state index is 13.1. The van der Waals surface area contributed by atoms with Gasteiger partial charge >= 0.3 is 7.12 Å². The quantitative estimate of drug-likeness (QED) is 0.766. The van der Waals surface area contributed by atoms with Gasteiger partial charge in [-0.15, -0.1) is 0 Å². The van der Waals surface area contributed by atoms with Crippen LogP contribution in [0.5, 0.6) is 5.75 Å².